The molecule has 0 atom stereocenters. The SMILES string of the molecule is NCNC(=O)C(=O)/C=C/c1ccccc1. The van der Waals surface area contributed by atoms with Gasteiger partial charge in [0.15, 0.2) is 0 Å². The van der Waals surface area contributed by atoms with Crippen molar-refractivity contribution in [1.82, 2.24) is 5.32 Å². The van der Waals surface area contributed by atoms with Gasteiger partial charge in [0.25, 0.3) is 5.91 Å². The third-order valence-corrected chi connectivity index (χ3v) is 1.71. The van der Waals surface area contributed by atoms with E-state index in [1.165, 1.54) is 6.08 Å². The van der Waals surface area contributed by atoms with Gasteiger partial charge < -0.3 is 11.1 Å². The first-order valence-corrected chi connectivity index (χ1v) is 4.49. The molecule has 4 heteroatoms. The van der Waals surface area contributed by atoms with Gasteiger partial charge in [0, 0.05) is 0 Å². The Labute approximate surface area is 87.8 Å². The second kappa shape index (κ2) is 5.72. The first-order chi connectivity index (χ1) is 7.24. The van der Waals surface area contributed by atoms with Crippen molar-refractivity contribution in [3.8, 4) is 0 Å². The number of hydrogen-bond acceptors (Lipinski definition) is 3. The number of rotatable bonds is 4. The summed E-state index contributed by atoms with van der Waals surface area (Å²) in [5.74, 6) is -1.30. The van der Waals surface area contributed by atoms with E-state index in [9.17, 15) is 9.59 Å². The number of carbonyl (C=O) groups excluding carboxylic acids is 2. The Kier molecular flexibility index (Phi) is 4.25. The van der Waals surface area contributed by atoms with Gasteiger partial charge in [0.2, 0.25) is 5.78 Å². The van der Waals surface area contributed by atoms with Crippen molar-refractivity contribution in [2.24, 2.45) is 5.73 Å². The summed E-state index contributed by atoms with van der Waals surface area (Å²) < 4.78 is 0. The number of amides is 1. The third-order valence-electron chi connectivity index (χ3n) is 1.71. The molecule has 0 aromatic heterocycles. The van der Waals surface area contributed by atoms with Crippen molar-refractivity contribution >= 4 is 17.8 Å². The molecular formula is C11H12N2O2. The number of benzene rings is 1. The summed E-state index contributed by atoms with van der Waals surface area (Å²) in [5.41, 5.74) is 5.93. The van der Waals surface area contributed by atoms with Crippen LogP contribution in [0, 0.1) is 0 Å². The van der Waals surface area contributed by atoms with Crippen LogP contribution in [0.1, 0.15) is 5.56 Å². The molecule has 0 bridgehead atoms. The van der Waals surface area contributed by atoms with Crippen LogP contribution in [0.5, 0.6) is 0 Å². The van der Waals surface area contributed by atoms with Gasteiger partial charge in [-0.1, -0.05) is 36.4 Å². The third kappa shape index (κ3) is 3.74. The molecule has 0 unspecified atom stereocenters. The van der Waals surface area contributed by atoms with Crippen LogP contribution in [0.2, 0.25) is 0 Å². The van der Waals surface area contributed by atoms with Crippen LogP contribution < -0.4 is 11.1 Å². The average Bonchev–Trinajstić information content (AvgIpc) is 2.27. The van der Waals surface area contributed by atoms with E-state index < -0.39 is 11.7 Å². The van der Waals surface area contributed by atoms with Crippen LogP contribution in [0.4, 0.5) is 0 Å². The maximum atomic E-state index is 11.2. The van der Waals surface area contributed by atoms with Gasteiger partial charge >= 0.3 is 0 Å². The second-order valence-electron chi connectivity index (χ2n) is 2.82. The lowest BCUT2D eigenvalue weighted by molar-refractivity contribution is -0.135. The van der Waals surface area contributed by atoms with E-state index in [0.717, 1.165) is 5.56 Å². The average molecular weight is 204 g/mol. The van der Waals surface area contributed by atoms with E-state index >= 15 is 0 Å². The molecule has 0 radical (unpaired) electrons. The Bertz CT molecular complexity index is 371. The van der Waals surface area contributed by atoms with Gasteiger partial charge in [-0.2, -0.15) is 0 Å². The Morgan fingerprint density at radius 2 is 1.93 bits per heavy atom. The zero-order valence-corrected chi connectivity index (χ0v) is 8.14. The maximum Gasteiger partial charge on any atom is 0.292 e. The molecule has 0 heterocycles. The molecule has 0 aliphatic rings. The lowest BCUT2D eigenvalue weighted by Gasteiger charge is -1.96. The van der Waals surface area contributed by atoms with Gasteiger partial charge in [0.05, 0.1) is 6.67 Å². The minimum Gasteiger partial charge on any atom is -0.337 e. The lowest BCUT2D eigenvalue weighted by Crippen LogP contribution is -2.34. The molecule has 1 rings (SSSR count). The van der Waals surface area contributed by atoms with Crippen molar-refractivity contribution < 1.29 is 9.59 Å². The zero-order valence-electron chi connectivity index (χ0n) is 8.14. The molecule has 0 saturated heterocycles. The number of hydrogen-bond donors (Lipinski definition) is 2. The molecule has 0 spiro atoms. The summed E-state index contributed by atoms with van der Waals surface area (Å²) in [6.45, 7) is -0.0379. The molecule has 4 nitrogen and oxygen atoms in total. The molecule has 1 amide bonds. The first-order valence-electron chi connectivity index (χ1n) is 4.49. The number of nitrogens with two attached hydrogens (primary N) is 1. The molecule has 78 valence electrons. The van der Waals surface area contributed by atoms with Crippen molar-refractivity contribution in [2.45, 2.75) is 0 Å². The van der Waals surface area contributed by atoms with Crippen molar-refractivity contribution in [2.75, 3.05) is 6.67 Å². The van der Waals surface area contributed by atoms with Crippen LogP contribution in [-0.2, 0) is 9.59 Å². The van der Waals surface area contributed by atoms with Gasteiger partial charge in [-0.15, -0.1) is 0 Å². The Morgan fingerprint density at radius 1 is 1.27 bits per heavy atom. The Hall–Kier alpha value is -1.94. The number of nitrogens with one attached hydrogen (secondary N) is 1. The fourth-order valence-corrected chi connectivity index (χ4v) is 0.992. The highest BCUT2D eigenvalue weighted by molar-refractivity contribution is 6.41. The standard InChI is InChI=1S/C11H12N2O2/c12-8-13-11(15)10(14)7-6-9-4-2-1-3-5-9/h1-7H,8,12H2,(H,13,15)/b7-6+. The molecule has 1 aromatic rings. The molecule has 1 aromatic carbocycles. The fourth-order valence-electron chi connectivity index (χ4n) is 0.992. The van der Waals surface area contributed by atoms with Crippen LogP contribution in [0.15, 0.2) is 36.4 Å². The van der Waals surface area contributed by atoms with E-state index in [0.29, 0.717) is 0 Å². The maximum absolute atomic E-state index is 11.2. The summed E-state index contributed by atoms with van der Waals surface area (Å²) >= 11 is 0. The molecular weight excluding hydrogens is 192 g/mol. The van der Waals surface area contributed by atoms with Crippen LogP contribution in [0.25, 0.3) is 6.08 Å². The number of carbonyl (C=O) groups is 2. The molecule has 0 fully saturated rings. The molecule has 0 aliphatic heterocycles. The van der Waals surface area contributed by atoms with Gasteiger partial charge in [-0.25, -0.2) is 0 Å². The predicted octanol–water partition coefficient (Wildman–Crippen LogP) is 0.301. The highest BCUT2D eigenvalue weighted by atomic mass is 16.2. The first kappa shape index (κ1) is 11.1. The summed E-state index contributed by atoms with van der Waals surface area (Å²) in [6, 6.07) is 9.25. The van der Waals surface area contributed by atoms with E-state index in [1.54, 1.807) is 6.08 Å². The van der Waals surface area contributed by atoms with Gasteiger partial charge in [-0.3, -0.25) is 9.59 Å². The van der Waals surface area contributed by atoms with E-state index in [-0.39, 0.29) is 6.67 Å². The van der Waals surface area contributed by atoms with Crippen molar-refractivity contribution in [3.63, 3.8) is 0 Å². The molecule has 15 heavy (non-hydrogen) atoms. The summed E-state index contributed by atoms with van der Waals surface area (Å²) in [4.78, 5) is 22.1. The van der Waals surface area contributed by atoms with Crippen molar-refractivity contribution in [1.29, 1.82) is 0 Å². The molecule has 0 saturated carbocycles. The molecule has 0 aliphatic carbocycles. The largest absolute Gasteiger partial charge is 0.337 e. The zero-order chi connectivity index (χ0) is 11.1. The smallest absolute Gasteiger partial charge is 0.292 e. The topological polar surface area (TPSA) is 72.2 Å². The summed E-state index contributed by atoms with van der Waals surface area (Å²) in [7, 11) is 0. The lowest BCUT2D eigenvalue weighted by atomic mass is 10.2. The van der Waals surface area contributed by atoms with E-state index in [4.69, 9.17) is 5.73 Å². The van der Waals surface area contributed by atoms with E-state index in [2.05, 4.69) is 5.32 Å². The molecule has 3 N–H and O–H groups in total. The van der Waals surface area contributed by atoms with Gasteiger partial charge in [0.1, 0.15) is 0 Å². The van der Waals surface area contributed by atoms with Crippen LogP contribution in [-0.4, -0.2) is 18.4 Å². The predicted molar refractivity (Wildman–Crippen MR) is 57.7 cm³/mol. The monoisotopic (exact) mass is 204 g/mol. The van der Waals surface area contributed by atoms with Gasteiger partial charge in [-0.05, 0) is 11.6 Å². The van der Waals surface area contributed by atoms with Crippen LogP contribution in [0.3, 0.4) is 0 Å². The Balaban J connectivity index is 2.59. The quantitative estimate of drug-likeness (QED) is 0.421. The minimum atomic E-state index is -0.690. The highest BCUT2D eigenvalue weighted by Gasteiger charge is 2.07. The second-order valence-corrected chi connectivity index (χ2v) is 2.82. The minimum absolute atomic E-state index is 0.0379. The van der Waals surface area contributed by atoms with Crippen LogP contribution >= 0.6 is 0 Å². The summed E-state index contributed by atoms with van der Waals surface area (Å²) in [6.07, 6.45) is 2.80. The van der Waals surface area contributed by atoms with E-state index in [1.807, 2.05) is 30.3 Å². The fraction of sp³-hybridized carbons (Fsp3) is 0.0909. The summed E-state index contributed by atoms with van der Waals surface area (Å²) in [5, 5.41) is 2.22. The van der Waals surface area contributed by atoms with Crippen molar-refractivity contribution in [3.05, 3.63) is 42.0 Å². The Morgan fingerprint density at radius 3 is 2.53 bits per heavy atom. The highest BCUT2D eigenvalue weighted by Crippen LogP contribution is 2.00. The number of ketones is 1. The normalized spacial score (nSPS) is 10.2.